The van der Waals surface area contributed by atoms with E-state index in [9.17, 15) is 4.79 Å². The molecule has 0 unspecified atom stereocenters. The van der Waals surface area contributed by atoms with E-state index in [1.165, 1.54) is 5.56 Å². The zero-order valence-electron chi connectivity index (χ0n) is 14.9. The highest BCUT2D eigenvalue weighted by Gasteiger charge is 2.26. The lowest BCUT2D eigenvalue weighted by molar-refractivity contribution is 0.0935. The minimum atomic E-state index is -0.0942. The highest BCUT2D eigenvalue weighted by atomic mass is 35.5. The van der Waals surface area contributed by atoms with E-state index in [0.717, 1.165) is 28.6 Å². The fourth-order valence-corrected chi connectivity index (χ4v) is 3.70. The Balaban J connectivity index is 1.69. The van der Waals surface area contributed by atoms with E-state index >= 15 is 0 Å². The summed E-state index contributed by atoms with van der Waals surface area (Å²) >= 11 is 6.36. The monoisotopic (exact) mass is 368 g/mol. The van der Waals surface area contributed by atoms with Gasteiger partial charge in [-0.05, 0) is 42.7 Å². The quantitative estimate of drug-likeness (QED) is 0.725. The molecule has 1 amide bonds. The molecule has 0 aliphatic carbocycles. The highest BCUT2D eigenvalue weighted by Crippen LogP contribution is 2.38. The minimum absolute atomic E-state index is 0.0576. The van der Waals surface area contributed by atoms with Gasteiger partial charge in [-0.3, -0.25) is 4.79 Å². The van der Waals surface area contributed by atoms with Crippen molar-refractivity contribution in [2.24, 2.45) is 0 Å². The maximum atomic E-state index is 12.9. The predicted molar refractivity (Wildman–Crippen MR) is 104 cm³/mol. The number of nitrogens with one attached hydrogen (secondary N) is 1. The van der Waals surface area contributed by atoms with E-state index in [1.54, 1.807) is 0 Å². The summed E-state index contributed by atoms with van der Waals surface area (Å²) in [5.41, 5.74) is 3.82. The summed E-state index contributed by atoms with van der Waals surface area (Å²) in [6.45, 7) is 5.29. The van der Waals surface area contributed by atoms with Crippen LogP contribution in [0.4, 0.5) is 0 Å². The Hall–Kier alpha value is -2.46. The average Bonchev–Trinajstić information content (AvgIpc) is 3.04. The number of carbonyl (C=O) groups excluding carboxylic acids is 1. The van der Waals surface area contributed by atoms with Gasteiger partial charge in [-0.15, -0.1) is 0 Å². The molecule has 0 radical (unpaired) electrons. The van der Waals surface area contributed by atoms with E-state index in [0.29, 0.717) is 23.8 Å². The van der Waals surface area contributed by atoms with Gasteiger partial charge < -0.3 is 14.6 Å². The molecule has 1 aromatic heterocycles. The summed E-state index contributed by atoms with van der Waals surface area (Å²) in [4.78, 5) is 12.9. The van der Waals surface area contributed by atoms with Gasteiger partial charge in [-0.2, -0.15) is 0 Å². The fraction of sp³-hybridized carbons (Fsp3) is 0.286. The number of amides is 1. The zero-order valence-corrected chi connectivity index (χ0v) is 15.6. The number of aromatic nitrogens is 1. The van der Waals surface area contributed by atoms with Gasteiger partial charge in [0, 0.05) is 11.9 Å². The molecule has 0 fully saturated rings. The standard InChI is InChI=1S/C21H21ClN2O2/c1-3-15-12-24-18(10-16-17(22)8-9-19(26-15)20(16)24)21(25)23-11-14-7-5-4-6-13(14)2/h4-10,15H,3,11-12H2,1-2H3,(H,23,25)/t15-/m1/s1. The maximum Gasteiger partial charge on any atom is 0.268 e. The molecular weight excluding hydrogens is 348 g/mol. The van der Waals surface area contributed by atoms with Crippen molar-refractivity contribution < 1.29 is 9.53 Å². The van der Waals surface area contributed by atoms with Crippen LogP contribution in [0.3, 0.4) is 0 Å². The Kier molecular flexibility index (Phi) is 4.37. The third-order valence-electron chi connectivity index (χ3n) is 5.04. The first-order valence-electron chi connectivity index (χ1n) is 8.89. The second kappa shape index (κ2) is 6.69. The Morgan fingerprint density at radius 1 is 1.31 bits per heavy atom. The number of nitrogens with zero attached hydrogens (tertiary/aromatic N) is 1. The van der Waals surface area contributed by atoms with Crippen LogP contribution in [-0.4, -0.2) is 16.6 Å². The highest BCUT2D eigenvalue weighted by molar-refractivity contribution is 6.36. The SMILES string of the molecule is CC[C@@H]1Cn2c(C(=O)NCc3ccccc3C)cc3c(Cl)ccc(c32)O1. The third kappa shape index (κ3) is 2.84. The van der Waals surface area contributed by atoms with Crippen molar-refractivity contribution in [3.8, 4) is 5.75 Å². The lowest BCUT2D eigenvalue weighted by Gasteiger charge is -2.26. The lowest BCUT2D eigenvalue weighted by atomic mass is 10.1. The molecule has 4 rings (SSSR count). The van der Waals surface area contributed by atoms with E-state index in [2.05, 4.69) is 12.2 Å². The van der Waals surface area contributed by atoms with Crippen LogP contribution >= 0.6 is 11.6 Å². The van der Waals surface area contributed by atoms with Crippen LogP contribution in [0.2, 0.25) is 5.02 Å². The van der Waals surface area contributed by atoms with Gasteiger partial charge in [0.15, 0.2) is 0 Å². The molecule has 0 saturated heterocycles. The van der Waals surface area contributed by atoms with Crippen LogP contribution in [0.1, 0.15) is 35.0 Å². The molecule has 1 N–H and O–H groups in total. The Labute approximate surface area is 157 Å². The molecule has 1 aliphatic heterocycles. The second-order valence-electron chi connectivity index (χ2n) is 6.71. The largest absolute Gasteiger partial charge is 0.486 e. The number of hydrogen-bond donors (Lipinski definition) is 1. The van der Waals surface area contributed by atoms with Gasteiger partial charge in [-0.1, -0.05) is 42.8 Å². The van der Waals surface area contributed by atoms with Crippen LogP contribution in [0.25, 0.3) is 10.9 Å². The van der Waals surface area contributed by atoms with Crippen molar-refractivity contribution in [2.45, 2.75) is 39.5 Å². The van der Waals surface area contributed by atoms with Crippen LogP contribution in [0, 0.1) is 6.92 Å². The average molecular weight is 369 g/mol. The summed E-state index contributed by atoms with van der Waals surface area (Å²) in [7, 11) is 0. The zero-order chi connectivity index (χ0) is 18.3. The summed E-state index contributed by atoms with van der Waals surface area (Å²) in [6, 6.07) is 13.7. The smallest absolute Gasteiger partial charge is 0.268 e. The van der Waals surface area contributed by atoms with Gasteiger partial charge in [0.05, 0.1) is 17.1 Å². The van der Waals surface area contributed by atoms with Crippen LogP contribution in [0.5, 0.6) is 5.75 Å². The molecule has 1 aliphatic rings. The number of ether oxygens (including phenoxy) is 1. The molecular formula is C21H21ClN2O2. The van der Waals surface area contributed by atoms with Crippen molar-refractivity contribution in [1.29, 1.82) is 0 Å². The number of benzene rings is 2. The molecule has 134 valence electrons. The normalized spacial score (nSPS) is 15.7. The van der Waals surface area contributed by atoms with Crippen LogP contribution in [0.15, 0.2) is 42.5 Å². The molecule has 3 aromatic rings. The third-order valence-corrected chi connectivity index (χ3v) is 5.37. The minimum Gasteiger partial charge on any atom is -0.486 e. The number of hydrogen-bond acceptors (Lipinski definition) is 2. The van der Waals surface area contributed by atoms with E-state index < -0.39 is 0 Å². The van der Waals surface area contributed by atoms with Crippen molar-refractivity contribution in [1.82, 2.24) is 9.88 Å². The second-order valence-corrected chi connectivity index (χ2v) is 7.11. The van der Waals surface area contributed by atoms with Gasteiger partial charge in [0.25, 0.3) is 5.91 Å². The molecule has 0 saturated carbocycles. The topological polar surface area (TPSA) is 43.3 Å². The Morgan fingerprint density at radius 2 is 2.12 bits per heavy atom. The molecule has 2 heterocycles. The molecule has 4 nitrogen and oxygen atoms in total. The van der Waals surface area contributed by atoms with E-state index in [-0.39, 0.29) is 12.0 Å². The van der Waals surface area contributed by atoms with Crippen molar-refractivity contribution >= 4 is 28.4 Å². The Bertz CT molecular complexity index is 993. The van der Waals surface area contributed by atoms with Gasteiger partial charge >= 0.3 is 0 Å². The summed E-state index contributed by atoms with van der Waals surface area (Å²) in [6.07, 6.45) is 0.939. The lowest BCUT2D eigenvalue weighted by Crippen LogP contribution is -2.31. The van der Waals surface area contributed by atoms with Gasteiger partial charge in [-0.25, -0.2) is 0 Å². The number of aryl methyl sites for hydroxylation is 1. The molecule has 0 bridgehead atoms. The molecule has 0 spiro atoms. The fourth-order valence-electron chi connectivity index (χ4n) is 3.49. The Morgan fingerprint density at radius 3 is 2.88 bits per heavy atom. The predicted octanol–water partition coefficient (Wildman–Crippen LogP) is 4.70. The van der Waals surface area contributed by atoms with Gasteiger partial charge in [0.2, 0.25) is 0 Å². The summed E-state index contributed by atoms with van der Waals surface area (Å²) in [5, 5.41) is 4.54. The first-order chi connectivity index (χ1) is 12.6. The number of carbonyl (C=O) groups is 1. The van der Waals surface area contributed by atoms with Crippen LogP contribution in [-0.2, 0) is 13.1 Å². The first-order valence-corrected chi connectivity index (χ1v) is 9.27. The van der Waals surface area contributed by atoms with Crippen molar-refractivity contribution in [2.75, 3.05) is 0 Å². The summed E-state index contributed by atoms with van der Waals surface area (Å²) in [5.74, 6) is 0.698. The van der Waals surface area contributed by atoms with Crippen molar-refractivity contribution in [3.63, 3.8) is 0 Å². The van der Waals surface area contributed by atoms with Gasteiger partial charge in [0.1, 0.15) is 17.5 Å². The molecule has 2 aromatic carbocycles. The molecule has 1 atom stereocenters. The molecule has 26 heavy (non-hydrogen) atoms. The van der Waals surface area contributed by atoms with E-state index in [4.69, 9.17) is 16.3 Å². The number of halogens is 1. The molecule has 5 heteroatoms. The number of rotatable bonds is 4. The van der Waals surface area contributed by atoms with E-state index in [1.807, 2.05) is 54.0 Å². The van der Waals surface area contributed by atoms with Crippen molar-refractivity contribution in [3.05, 3.63) is 64.3 Å². The van der Waals surface area contributed by atoms with Crippen LogP contribution < -0.4 is 10.1 Å². The first kappa shape index (κ1) is 17.0. The summed E-state index contributed by atoms with van der Waals surface area (Å²) < 4.78 is 8.08. The maximum absolute atomic E-state index is 12.9.